The summed E-state index contributed by atoms with van der Waals surface area (Å²) in [5.74, 6) is 0. The Labute approximate surface area is 123 Å². The molecule has 108 valence electrons. The van der Waals surface area contributed by atoms with E-state index in [9.17, 15) is 0 Å². The standard InChI is InChI=1S/C15H18N6/c1-16-15(10-12-11-20(2)19-17-12)14-8-9-21(18-14)13-6-4-3-5-7-13/h3-9,11,15-16H,10H2,1-2H3. The van der Waals surface area contributed by atoms with Crippen LogP contribution < -0.4 is 5.32 Å². The van der Waals surface area contributed by atoms with Gasteiger partial charge >= 0.3 is 0 Å². The number of aromatic nitrogens is 5. The maximum Gasteiger partial charge on any atom is 0.0846 e. The highest BCUT2D eigenvalue weighted by Gasteiger charge is 2.15. The normalized spacial score (nSPS) is 12.5. The average Bonchev–Trinajstić information content (AvgIpc) is 3.15. The highest BCUT2D eigenvalue weighted by molar-refractivity contribution is 5.30. The molecule has 0 aliphatic heterocycles. The molecule has 6 heteroatoms. The molecule has 1 atom stereocenters. The Bertz CT molecular complexity index is 700. The zero-order chi connectivity index (χ0) is 14.7. The number of likely N-dealkylation sites (N-methyl/N-ethyl adjacent to an activating group) is 1. The lowest BCUT2D eigenvalue weighted by Gasteiger charge is -2.11. The molecule has 0 amide bonds. The lowest BCUT2D eigenvalue weighted by molar-refractivity contribution is 0.561. The summed E-state index contributed by atoms with van der Waals surface area (Å²) in [6.45, 7) is 0. The molecule has 0 radical (unpaired) electrons. The molecular weight excluding hydrogens is 264 g/mol. The van der Waals surface area contributed by atoms with Crippen LogP contribution in [0.4, 0.5) is 0 Å². The van der Waals surface area contributed by atoms with Crippen molar-refractivity contribution in [3.05, 3.63) is 60.2 Å². The average molecular weight is 282 g/mol. The number of hydrogen-bond acceptors (Lipinski definition) is 4. The van der Waals surface area contributed by atoms with Gasteiger partial charge in [0.2, 0.25) is 0 Å². The molecule has 3 aromatic rings. The van der Waals surface area contributed by atoms with Crippen LogP contribution in [0.5, 0.6) is 0 Å². The molecule has 0 bridgehead atoms. The third-order valence-corrected chi connectivity index (χ3v) is 3.40. The largest absolute Gasteiger partial charge is 0.311 e. The van der Waals surface area contributed by atoms with Gasteiger partial charge in [-0.1, -0.05) is 23.4 Å². The Morgan fingerprint density at radius 1 is 1.19 bits per heavy atom. The zero-order valence-electron chi connectivity index (χ0n) is 12.1. The molecule has 2 aromatic heterocycles. The minimum atomic E-state index is 0.117. The summed E-state index contributed by atoms with van der Waals surface area (Å²) < 4.78 is 3.60. The van der Waals surface area contributed by atoms with Gasteiger partial charge in [0.1, 0.15) is 0 Å². The molecule has 0 aliphatic carbocycles. The Hall–Kier alpha value is -2.47. The fourth-order valence-electron chi connectivity index (χ4n) is 2.30. The monoisotopic (exact) mass is 282 g/mol. The van der Waals surface area contributed by atoms with Crippen LogP contribution in [0.2, 0.25) is 0 Å². The van der Waals surface area contributed by atoms with Gasteiger partial charge in [-0.3, -0.25) is 4.68 Å². The Morgan fingerprint density at radius 3 is 2.67 bits per heavy atom. The predicted molar refractivity (Wildman–Crippen MR) is 80.1 cm³/mol. The third kappa shape index (κ3) is 3.00. The van der Waals surface area contributed by atoms with Gasteiger partial charge in [-0.15, -0.1) is 5.10 Å². The maximum atomic E-state index is 4.65. The number of para-hydroxylation sites is 1. The summed E-state index contributed by atoms with van der Waals surface area (Å²) in [5.41, 5.74) is 3.00. The van der Waals surface area contributed by atoms with Crippen molar-refractivity contribution >= 4 is 0 Å². The molecule has 6 nitrogen and oxygen atoms in total. The van der Waals surface area contributed by atoms with E-state index in [1.807, 2.05) is 67.6 Å². The molecule has 21 heavy (non-hydrogen) atoms. The van der Waals surface area contributed by atoms with E-state index in [0.29, 0.717) is 0 Å². The van der Waals surface area contributed by atoms with Crippen molar-refractivity contribution in [1.82, 2.24) is 30.1 Å². The van der Waals surface area contributed by atoms with Crippen LogP contribution in [0.3, 0.4) is 0 Å². The van der Waals surface area contributed by atoms with Crippen LogP contribution in [0.15, 0.2) is 48.8 Å². The fourth-order valence-corrected chi connectivity index (χ4v) is 2.30. The second-order valence-corrected chi connectivity index (χ2v) is 4.95. The molecule has 0 saturated heterocycles. The van der Waals surface area contributed by atoms with Crippen LogP contribution >= 0.6 is 0 Å². The quantitative estimate of drug-likeness (QED) is 0.770. The van der Waals surface area contributed by atoms with Gasteiger partial charge in [0.15, 0.2) is 0 Å². The molecule has 1 unspecified atom stereocenters. The van der Waals surface area contributed by atoms with Gasteiger partial charge in [0, 0.05) is 25.9 Å². The Balaban J connectivity index is 1.80. The topological polar surface area (TPSA) is 60.6 Å². The van der Waals surface area contributed by atoms with Crippen molar-refractivity contribution in [2.24, 2.45) is 7.05 Å². The van der Waals surface area contributed by atoms with E-state index in [1.165, 1.54) is 0 Å². The van der Waals surface area contributed by atoms with E-state index >= 15 is 0 Å². The Morgan fingerprint density at radius 2 is 2.00 bits per heavy atom. The molecule has 0 fully saturated rings. The van der Waals surface area contributed by atoms with Crippen LogP contribution in [-0.2, 0) is 13.5 Å². The lowest BCUT2D eigenvalue weighted by atomic mass is 10.1. The second-order valence-electron chi connectivity index (χ2n) is 4.95. The van der Waals surface area contributed by atoms with E-state index in [0.717, 1.165) is 23.5 Å². The summed E-state index contributed by atoms with van der Waals surface area (Å²) in [4.78, 5) is 0. The summed E-state index contributed by atoms with van der Waals surface area (Å²) in [7, 11) is 3.80. The number of hydrogen-bond donors (Lipinski definition) is 1. The molecule has 1 N–H and O–H groups in total. The number of rotatable bonds is 5. The van der Waals surface area contributed by atoms with Gasteiger partial charge < -0.3 is 5.32 Å². The number of benzene rings is 1. The summed E-state index contributed by atoms with van der Waals surface area (Å²) in [5, 5.41) is 16.0. The van der Waals surface area contributed by atoms with Crippen molar-refractivity contribution in [3.63, 3.8) is 0 Å². The number of nitrogens with zero attached hydrogens (tertiary/aromatic N) is 5. The van der Waals surface area contributed by atoms with E-state index in [2.05, 4.69) is 20.7 Å². The van der Waals surface area contributed by atoms with E-state index in [1.54, 1.807) is 4.68 Å². The molecule has 2 heterocycles. The number of nitrogens with one attached hydrogen (secondary N) is 1. The zero-order valence-corrected chi connectivity index (χ0v) is 12.1. The van der Waals surface area contributed by atoms with Gasteiger partial charge in [-0.05, 0) is 25.2 Å². The van der Waals surface area contributed by atoms with Crippen LogP contribution in [-0.4, -0.2) is 31.8 Å². The summed E-state index contributed by atoms with van der Waals surface area (Å²) in [6.07, 6.45) is 4.67. The fraction of sp³-hybridized carbons (Fsp3) is 0.267. The third-order valence-electron chi connectivity index (χ3n) is 3.40. The van der Waals surface area contributed by atoms with Gasteiger partial charge in [0.25, 0.3) is 0 Å². The summed E-state index contributed by atoms with van der Waals surface area (Å²) >= 11 is 0. The van der Waals surface area contributed by atoms with E-state index < -0.39 is 0 Å². The first-order valence-corrected chi connectivity index (χ1v) is 6.89. The molecule has 3 rings (SSSR count). The smallest absolute Gasteiger partial charge is 0.0846 e. The Kier molecular flexibility index (Phi) is 3.79. The number of aryl methyl sites for hydroxylation is 1. The maximum absolute atomic E-state index is 4.65. The van der Waals surface area contributed by atoms with Crippen LogP contribution in [0, 0.1) is 0 Å². The molecule has 0 aliphatic rings. The second kappa shape index (κ2) is 5.88. The van der Waals surface area contributed by atoms with Crippen LogP contribution in [0.1, 0.15) is 17.4 Å². The minimum Gasteiger partial charge on any atom is -0.311 e. The first-order chi connectivity index (χ1) is 10.3. The van der Waals surface area contributed by atoms with E-state index in [-0.39, 0.29) is 6.04 Å². The molecule has 0 spiro atoms. The van der Waals surface area contributed by atoms with E-state index in [4.69, 9.17) is 0 Å². The van der Waals surface area contributed by atoms with Crippen molar-refractivity contribution in [2.45, 2.75) is 12.5 Å². The predicted octanol–water partition coefficient (Wildman–Crippen LogP) is 1.50. The van der Waals surface area contributed by atoms with Gasteiger partial charge in [-0.25, -0.2) is 4.68 Å². The van der Waals surface area contributed by atoms with Gasteiger partial charge in [0.05, 0.1) is 23.1 Å². The van der Waals surface area contributed by atoms with Crippen LogP contribution in [0.25, 0.3) is 5.69 Å². The van der Waals surface area contributed by atoms with Crippen molar-refractivity contribution in [1.29, 1.82) is 0 Å². The molecule has 0 saturated carbocycles. The first kappa shape index (κ1) is 13.5. The SMILES string of the molecule is CNC(Cc1cn(C)nn1)c1ccn(-c2ccccc2)n1. The molecular formula is C15H18N6. The van der Waals surface area contributed by atoms with Crippen molar-refractivity contribution in [2.75, 3.05) is 7.05 Å². The van der Waals surface area contributed by atoms with Crippen molar-refractivity contribution < 1.29 is 0 Å². The highest BCUT2D eigenvalue weighted by atomic mass is 15.4. The molecule has 1 aromatic carbocycles. The van der Waals surface area contributed by atoms with Crippen molar-refractivity contribution in [3.8, 4) is 5.69 Å². The minimum absolute atomic E-state index is 0.117. The first-order valence-electron chi connectivity index (χ1n) is 6.89. The van der Waals surface area contributed by atoms with Gasteiger partial charge in [-0.2, -0.15) is 5.10 Å². The summed E-state index contributed by atoms with van der Waals surface area (Å²) in [6, 6.07) is 12.2. The lowest BCUT2D eigenvalue weighted by Crippen LogP contribution is -2.19. The highest BCUT2D eigenvalue weighted by Crippen LogP contribution is 2.16.